The zero-order valence-electron chi connectivity index (χ0n) is 20.9. The van der Waals surface area contributed by atoms with Gasteiger partial charge in [0.25, 0.3) is 5.91 Å². The Bertz CT molecular complexity index is 1380. The molecule has 0 aliphatic rings. The molecule has 37 heavy (non-hydrogen) atoms. The first-order chi connectivity index (χ1) is 17.8. The summed E-state index contributed by atoms with van der Waals surface area (Å²) in [6, 6.07) is 15.6. The molecule has 0 atom stereocenters. The van der Waals surface area contributed by atoms with Crippen molar-refractivity contribution in [3.8, 4) is 28.4 Å². The number of rotatable bonds is 9. The first kappa shape index (κ1) is 25.8. The standard InChI is InChI=1S/C27H27ClN4O5/c1-17(2)31(26(34)23-6-5-13-37-23)16-25(33)30-27-29-21(18-7-9-19(28)10-8-18)15-32(27)20-11-12-22(35-3)24(14-20)36-4/h5-15,17H,16H2,1-4H3,(H,29,30,33). The molecule has 10 heteroatoms. The zero-order chi connectivity index (χ0) is 26.5. The number of hydrogen-bond donors (Lipinski definition) is 1. The van der Waals surface area contributed by atoms with Gasteiger partial charge in [0.1, 0.15) is 6.54 Å². The molecule has 0 spiro atoms. The van der Waals surface area contributed by atoms with E-state index in [0.29, 0.717) is 27.9 Å². The third kappa shape index (κ3) is 5.78. The molecule has 4 rings (SSSR count). The number of methoxy groups -OCH3 is 2. The van der Waals surface area contributed by atoms with E-state index in [0.717, 1.165) is 5.56 Å². The van der Waals surface area contributed by atoms with Crippen molar-refractivity contribution in [3.63, 3.8) is 0 Å². The molecule has 0 saturated carbocycles. The van der Waals surface area contributed by atoms with Crippen LogP contribution in [0.1, 0.15) is 24.4 Å². The molecule has 0 radical (unpaired) electrons. The molecule has 1 N–H and O–H groups in total. The fourth-order valence-electron chi connectivity index (χ4n) is 3.75. The number of carbonyl (C=O) groups excluding carboxylic acids is 2. The lowest BCUT2D eigenvalue weighted by atomic mass is 10.2. The minimum Gasteiger partial charge on any atom is -0.493 e. The van der Waals surface area contributed by atoms with E-state index in [1.807, 2.05) is 32.0 Å². The second-order valence-corrected chi connectivity index (χ2v) is 8.85. The van der Waals surface area contributed by atoms with Crippen LogP contribution in [0.3, 0.4) is 0 Å². The summed E-state index contributed by atoms with van der Waals surface area (Å²) >= 11 is 6.05. The first-order valence-electron chi connectivity index (χ1n) is 11.5. The van der Waals surface area contributed by atoms with Gasteiger partial charge in [0, 0.05) is 28.9 Å². The molecule has 0 bridgehead atoms. The Balaban J connectivity index is 1.67. The number of furan rings is 1. The summed E-state index contributed by atoms with van der Waals surface area (Å²) in [5.74, 6) is 0.742. The number of benzene rings is 2. The van der Waals surface area contributed by atoms with E-state index >= 15 is 0 Å². The molecular formula is C27H27ClN4O5. The van der Waals surface area contributed by atoms with Gasteiger partial charge in [-0.1, -0.05) is 23.7 Å². The number of nitrogens with one attached hydrogen (secondary N) is 1. The van der Waals surface area contributed by atoms with Crippen LogP contribution in [0.15, 0.2) is 71.5 Å². The van der Waals surface area contributed by atoms with Gasteiger partial charge in [0.05, 0.1) is 31.9 Å². The van der Waals surface area contributed by atoms with Gasteiger partial charge in [-0.3, -0.25) is 19.5 Å². The summed E-state index contributed by atoms with van der Waals surface area (Å²) in [6.07, 6.45) is 3.22. The molecule has 2 amide bonds. The number of halogens is 1. The lowest BCUT2D eigenvalue weighted by Crippen LogP contribution is -2.42. The molecule has 0 fully saturated rings. The highest BCUT2D eigenvalue weighted by Gasteiger charge is 2.24. The lowest BCUT2D eigenvalue weighted by Gasteiger charge is -2.25. The molecular weight excluding hydrogens is 496 g/mol. The van der Waals surface area contributed by atoms with Gasteiger partial charge in [-0.25, -0.2) is 4.98 Å². The molecule has 4 aromatic rings. The largest absolute Gasteiger partial charge is 0.493 e. The number of aromatic nitrogens is 2. The molecule has 0 saturated heterocycles. The average Bonchev–Trinajstić information content (AvgIpc) is 3.57. The van der Waals surface area contributed by atoms with Gasteiger partial charge in [-0.05, 0) is 50.2 Å². The highest BCUT2D eigenvalue weighted by Crippen LogP contribution is 2.32. The van der Waals surface area contributed by atoms with Crippen molar-refractivity contribution in [3.05, 3.63) is 77.8 Å². The SMILES string of the molecule is COc1ccc(-n2cc(-c3ccc(Cl)cc3)nc2NC(=O)CN(C(=O)c2ccco2)C(C)C)cc1OC. The summed E-state index contributed by atoms with van der Waals surface area (Å²) in [4.78, 5) is 32.1. The summed E-state index contributed by atoms with van der Waals surface area (Å²) in [5, 5.41) is 3.46. The van der Waals surface area contributed by atoms with Crippen molar-refractivity contribution < 1.29 is 23.5 Å². The summed E-state index contributed by atoms with van der Waals surface area (Å²) in [7, 11) is 3.11. The van der Waals surface area contributed by atoms with Gasteiger partial charge >= 0.3 is 0 Å². The highest BCUT2D eigenvalue weighted by atomic mass is 35.5. The predicted octanol–water partition coefficient (Wildman–Crippen LogP) is 5.29. The van der Waals surface area contributed by atoms with Crippen molar-refractivity contribution in [1.29, 1.82) is 0 Å². The normalized spacial score (nSPS) is 10.9. The van der Waals surface area contributed by atoms with Gasteiger partial charge in [-0.15, -0.1) is 0 Å². The Morgan fingerprint density at radius 2 is 1.81 bits per heavy atom. The Labute approximate surface area is 219 Å². The van der Waals surface area contributed by atoms with Crippen molar-refractivity contribution in [2.45, 2.75) is 19.9 Å². The van der Waals surface area contributed by atoms with E-state index in [-0.39, 0.29) is 30.2 Å². The number of carbonyl (C=O) groups is 2. The van der Waals surface area contributed by atoms with Crippen LogP contribution in [0.4, 0.5) is 5.95 Å². The molecule has 0 aliphatic carbocycles. The molecule has 2 heterocycles. The third-order valence-electron chi connectivity index (χ3n) is 5.67. The average molecular weight is 523 g/mol. The number of nitrogens with zero attached hydrogens (tertiary/aromatic N) is 3. The van der Waals surface area contributed by atoms with E-state index in [1.165, 1.54) is 11.2 Å². The van der Waals surface area contributed by atoms with Crippen LogP contribution in [0.2, 0.25) is 5.02 Å². The first-order valence-corrected chi connectivity index (χ1v) is 11.9. The molecule has 2 aromatic carbocycles. The Hall–Kier alpha value is -4.24. The quantitative estimate of drug-likeness (QED) is 0.320. The van der Waals surface area contributed by atoms with E-state index < -0.39 is 5.91 Å². The maximum Gasteiger partial charge on any atom is 0.290 e. The lowest BCUT2D eigenvalue weighted by molar-refractivity contribution is -0.117. The van der Waals surface area contributed by atoms with Crippen LogP contribution in [-0.4, -0.2) is 53.1 Å². The van der Waals surface area contributed by atoms with E-state index in [2.05, 4.69) is 10.3 Å². The number of ether oxygens (including phenoxy) is 2. The third-order valence-corrected chi connectivity index (χ3v) is 5.92. The van der Waals surface area contributed by atoms with Crippen LogP contribution in [0.5, 0.6) is 11.5 Å². The van der Waals surface area contributed by atoms with Crippen LogP contribution in [0.25, 0.3) is 16.9 Å². The summed E-state index contributed by atoms with van der Waals surface area (Å²) in [5.41, 5.74) is 2.12. The number of amides is 2. The number of anilines is 1. The molecule has 192 valence electrons. The predicted molar refractivity (Wildman–Crippen MR) is 141 cm³/mol. The Morgan fingerprint density at radius 1 is 1.08 bits per heavy atom. The summed E-state index contributed by atoms with van der Waals surface area (Å²) < 4.78 is 17.8. The highest BCUT2D eigenvalue weighted by molar-refractivity contribution is 6.30. The van der Waals surface area contributed by atoms with Crippen molar-refractivity contribution in [1.82, 2.24) is 14.5 Å². The minimum absolute atomic E-state index is 0.165. The Kier molecular flexibility index (Phi) is 7.83. The van der Waals surface area contributed by atoms with Crippen molar-refractivity contribution in [2.75, 3.05) is 26.1 Å². The number of imidazole rings is 1. The minimum atomic E-state index is -0.413. The van der Waals surface area contributed by atoms with Crippen LogP contribution in [0, 0.1) is 0 Å². The van der Waals surface area contributed by atoms with Crippen LogP contribution in [-0.2, 0) is 4.79 Å². The molecule has 2 aromatic heterocycles. The molecule has 0 aliphatic heterocycles. The van der Waals surface area contributed by atoms with Crippen molar-refractivity contribution in [2.24, 2.45) is 0 Å². The summed E-state index contributed by atoms with van der Waals surface area (Å²) in [6.45, 7) is 3.47. The van der Waals surface area contributed by atoms with Gasteiger partial charge in [0.15, 0.2) is 17.3 Å². The monoisotopic (exact) mass is 522 g/mol. The van der Waals surface area contributed by atoms with Crippen LogP contribution >= 0.6 is 11.6 Å². The molecule has 9 nitrogen and oxygen atoms in total. The Morgan fingerprint density at radius 3 is 2.43 bits per heavy atom. The maximum absolute atomic E-state index is 13.1. The fourth-order valence-corrected chi connectivity index (χ4v) is 3.88. The van der Waals surface area contributed by atoms with Crippen LogP contribution < -0.4 is 14.8 Å². The number of hydrogen-bond acceptors (Lipinski definition) is 6. The maximum atomic E-state index is 13.1. The smallest absolute Gasteiger partial charge is 0.290 e. The van der Waals surface area contributed by atoms with Gasteiger partial charge in [-0.2, -0.15) is 0 Å². The second kappa shape index (κ2) is 11.2. The van der Waals surface area contributed by atoms with Gasteiger partial charge in [0.2, 0.25) is 11.9 Å². The van der Waals surface area contributed by atoms with E-state index in [1.54, 1.807) is 61.4 Å². The van der Waals surface area contributed by atoms with E-state index in [4.69, 9.17) is 25.5 Å². The molecule has 0 unspecified atom stereocenters. The van der Waals surface area contributed by atoms with Crippen molar-refractivity contribution >= 4 is 29.4 Å². The van der Waals surface area contributed by atoms with E-state index in [9.17, 15) is 9.59 Å². The topological polar surface area (TPSA) is 98.8 Å². The van der Waals surface area contributed by atoms with Gasteiger partial charge < -0.3 is 18.8 Å². The fraction of sp³-hybridized carbons (Fsp3) is 0.222. The second-order valence-electron chi connectivity index (χ2n) is 8.42. The zero-order valence-corrected chi connectivity index (χ0v) is 21.7.